The van der Waals surface area contributed by atoms with Gasteiger partial charge in [-0.25, -0.2) is 4.99 Å². The van der Waals surface area contributed by atoms with Gasteiger partial charge in [-0.05, 0) is 26.2 Å². The Balaban J connectivity index is 1.88. The lowest BCUT2D eigenvalue weighted by molar-refractivity contribution is -0.976. The Labute approximate surface area is 188 Å². The van der Waals surface area contributed by atoms with Crippen LogP contribution in [-0.4, -0.2) is 41.3 Å². The summed E-state index contributed by atoms with van der Waals surface area (Å²) in [6.45, 7) is 8.20. The number of allylic oxidation sites excluding steroid dienone is 2. The standard InChI is InChI=1S/C27H53N2O/c1-4-6-7-8-9-10-11-12-13-14-15-16-17-18-19-20-21-22-23-27-28-24-25-29(27,5-2)26(3)30/h20-21,24,26-27,30H,4-19,22-23,25H2,1-3H3/q+1/b21-20+. The first-order valence-corrected chi connectivity index (χ1v) is 13.4. The number of aliphatic hydroxyl groups excluding tert-OH is 1. The summed E-state index contributed by atoms with van der Waals surface area (Å²) in [5.41, 5.74) is 0. The van der Waals surface area contributed by atoms with E-state index >= 15 is 0 Å². The van der Waals surface area contributed by atoms with Crippen molar-refractivity contribution in [2.45, 2.75) is 142 Å². The van der Waals surface area contributed by atoms with Gasteiger partial charge >= 0.3 is 0 Å². The van der Waals surface area contributed by atoms with E-state index in [1.54, 1.807) is 0 Å². The first-order valence-electron chi connectivity index (χ1n) is 13.4. The molecule has 0 aromatic heterocycles. The quantitative estimate of drug-likeness (QED) is 0.121. The summed E-state index contributed by atoms with van der Waals surface area (Å²) in [7, 11) is 0. The summed E-state index contributed by atoms with van der Waals surface area (Å²) in [6, 6.07) is 0. The van der Waals surface area contributed by atoms with Crippen LogP contribution < -0.4 is 0 Å². The van der Waals surface area contributed by atoms with Gasteiger partial charge in [-0.15, -0.1) is 0 Å². The first kappa shape index (κ1) is 27.4. The molecule has 0 bridgehead atoms. The second-order valence-corrected chi connectivity index (χ2v) is 9.48. The number of nitrogens with zero attached hydrogens (tertiary/aromatic N) is 2. The van der Waals surface area contributed by atoms with Gasteiger partial charge in [-0.3, -0.25) is 4.48 Å². The van der Waals surface area contributed by atoms with Crippen LogP contribution in [0.15, 0.2) is 17.1 Å². The molecule has 1 aliphatic rings. The van der Waals surface area contributed by atoms with Gasteiger partial charge in [-0.1, -0.05) is 103 Å². The maximum atomic E-state index is 10.2. The van der Waals surface area contributed by atoms with Gasteiger partial charge in [-0.2, -0.15) is 0 Å². The summed E-state index contributed by atoms with van der Waals surface area (Å²) in [5.74, 6) is 0. The third-order valence-corrected chi connectivity index (χ3v) is 7.11. The second kappa shape index (κ2) is 18.0. The summed E-state index contributed by atoms with van der Waals surface area (Å²) in [4.78, 5) is 4.65. The van der Waals surface area contributed by atoms with Crippen molar-refractivity contribution in [1.29, 1.82) is 0 Å². The van der Waals surface area contributed by atoms with Gasteiger partial charge in [0.25, 0.3) is 0 Å². The molecular weight excluding hydrogens is 368 g/mol. The van der Waals surface area contributed by atoms with Crippen molar-refractivity contribution in [1.82, 2.24) is 0 Å². The molecule has 30 heavy (non-hydrogen) atoms. The predicted molar refractivity (Wildman–Crippen MR) is 133 cm³/mol. The van der Waals surface area contributed by atoms with Crippen molar-refractivity contribution < 1.29 is 9.59 Å². The Morgan fingerprint density at radius 2 is 1.33 bits per heavy atom. The Hall–Kier alpha value is -0.670. The molecule has 0 saturated carbocycles. The molecule has 1 rings (SSSR count). The molecule has 1 N–H and O–H groups in total. The first-order chi connectivity index (χ1) is 14.7. The molecule has 0 aromatic rings. The van der Waals surface area contributed by atoms with Gasteiger partial charge in [0, 0.05) is 13.3 Å². The average Bonchev–Trinajstić information content (AvgIpc) is 3.17. The number of aliphatic hydroxyl groups is 1. The fourth-order valence-electron chi connectivity index (χ4n) is 4.85. The number of hydrogen-bond acceptors (Lipinski definition) is 2. The third-order valence-electron chi connectivity index (χ3n) is 7.11. The Morgan fingerprint density at radius 3 is 1.83 bits per heavy atom. The van der Waals surface area contributed by atoms with Crippen LogP contribution >= 0.6 is 0 Å². The fraction of sp³-hybridized carbons (Fsp3) is 0.889. The van der Waals surface area contributed by atoms with Crippen LogP contribution in [-0.2, 0) is 0 Å². The van der Waals surface area contributed by atoms with Crippen molar-refractivity contribution >= 4 is 6.21 Å². The van der Waals surface area contributed by atoms with E-state index in [1.807, 2.05) is 13.1 Å². The number of rotatable bonds is 20. The molecular formula is C27H53N2O+. The van der Waals surface area contributed by atoms with Gasteiger partial charge in [0.15, 0.2) is 12.4 Å². The van der Waals surface area contributed by atoms with Gasteiger partial charge in [0.05, 0.1) is 12.8 Å². The minimum absolute atomic E-state index is 0.237. The maximum absolute atomic E-state index is 10.2. The molecule has 0 radical (unpaired) electrons. The molecule has 3 heteroatoms. The minimum atomic E-state index is -0.331. The predicted octanol–water partition coefficient (Wildman–Crippen LogP) is 7.78. The smallest absolute Gasteiger partial charge is 0.189 e. The molecule has 1 heterocycles. The van der Waals surface area contributed by atoms with Crippen LogP contribution in [0.1, 0.15) is 130 Å². The number of quaternary nitrogens is 1. The van der Waals surface area contributed by atoms with Crippen LogP contribution in [0.2, 0.25) is 0 Å². The Bertz CT molecular complexity index is 446. The van der Waals surface area contributed by atoms with Crippen LogP contribution in [0.5, 0.6) is 0 Å². The van der Waals surface area contributed by atoms with E-state index in [-0.39, 0.29) is 12.4 Å². The second-order valence-electron chi connectivity index (χ2n) is 9.48. The van der Waals surface area contributed by atoms with E-state index in [4.69, 9.17) is 0 Å². The minimum Gasteiger partial charge on any atom is -0.345 e. The lowest BCUT2D eigenvalue weighted by atomic mass is 10.0. The summed E-state index contributed by atoms with van der Waals surface area (Å²) in [6.07, 6.45) is 29.9. The zero-order chi connectivity index (χ0) is 21.9. The fourth-order valence-corrected chi connectivity index (χ4v) is 4.85. The van der Waals surface area contributed by atoms with Crippen LogP contribution in [0.25, 0.3) is 0 Å². The van der Waals surface area contributed by atoms with Gasteiger partial charge in [0.1, 0.15) is 6.54 Å². The third kappa shape index (κ3) is 11.1. The van der Waals surface area contributed by atoms with E-state index < -0.39 is 0 Å². The molecule has 0 fully saturated rings. The SMILES string of the molecule is CCCCCCCCCCCCCCCC/C=C/CCC1N=CC[N+]1(CC)C(C)O. The van der Waals surface area contributed by atoms with Crippen molar-refractivity contribution in [2.75, 3.05) is 13.1 Å². The molecule has 3 unspecified atom stereocenters. The van der Waals surface area contributed by atoms with E-state index in [9.17, 15) is 5.11 Å². The largest absolute Gasteiger partial charge is 0.345 e. The Kier molecular flexibility index (Phi) is 16.4. The summed E-state index contributed by atoms with van der Waals surface area (Å²) < 4.78 is 0.715. The van der Waals surface area contributed by atoms with Crippen molar-refractivity contribution in [3.63, 3.8) is 0 Å². The molecule has 0 saturated heterocycles. The zero-order valence-electron chi connectivity index (χ0n) is 20.7. The van der Waals surface area contributed by atoms with E-state index in [2.05, 4.69) is 31.0 Å². The molecule has 3 atom stereocenters. The van der Waals surface area contributed by atoms with E-state index in [0.29, 0.717) is 4.48 Å². The average molecular weight is 422 g/mol. The molecule has 0 amide bonds. The molecule has 0 aliphatic carbocycles. The number of aliphatic imine (C=N–C) groups is 1. The normalized spacial score (nSPS) is 22.3. The lowest BCUT2D eigenvalue weighted by Gasteiger charge is -2.40. The van der Waals surface area contributed by atoms with E-state index in [0.717, 1.165) is 25.9 Å². The highest BCUT2D eigenvalue weighted by molar-refractivity contribution is 5.60. The topological polar surface area (TPSA) is 32.6 Å². The number of unbranched alkanes of at least 4 members (excludes halogenated alkanes) is 14. The van der Waals surface area contributed by atoms with Crippen LogP contribution in [0.3, 0.4) is 0 Å². The van der Waals surface area contributed by atoms with Gasteiger partial charge < -0.3 is 5.11 Å². The van der Waals surface area contributed by atoms with Crippen LogP contribution in [0.4, 0.5) is 0 Å². The number of hydrogen-bond donors (Lipinski definition) is 1. The molecule has 0 aromatic carbocycles. The Morgan fingerprint density at radius 1 is 0.833 bits per heavy atom. The van der Waals surface area contributed by atoms with Crippen molar-refractivity contribution in [3.05, 3.63) is 12.2 Å². The van der Waals surface area contributed by atoms with Crippen molar-refractivity contribution in [2.24, 2.45) is 4.99 Å². The maximum Gasteiger partial charge on any atom is 0.189 e. The highest BCUT2D eigenvalue weighted by atomic mass is 16.3. The molecule has 1 aliphatic heterocycles. The highest BCUT2D eigenvalue weighted by Gasteiger charge is 2.41. The molecule has 176 valence electrons. The summed E-state index contributed by atoms with van der Waals surface area (Å²) in [5, 5.41) is 10.2. The van der Waals surface area contributed by atoms with Crippen molar-refractivity contribution in [3.8, 4) is 0 Å². The zero-order valence-corrected chi connectivity index (χ0v) is 20.7. The molecule has 3 nitrogen and oxygen atoms in total. The van der Waals surface area contributed by atoms with E-state index in [1.165, 1.54) is 96.3 Å². The summed E-state index contributed by atoms with van der Waals surface area (Å²) >= 11 is 0. The van der Waals surface area contributed by atoms with Crippen LogP contribution in [0, 0.1) is 0 Å². The highest BCUT2D eigenvalue weighted by Crippen LogP contribution is 2.26. The molecule has 0 spiro atoms. The monoisotopic (exact) mass is 421 g/mol. The van der Waals surface area contributed by atoms with Gasteiger partial charge in [0.2, 0.25) is 0 Å². The lowest BCUT2D eigenvalue weighted by Crippen LogP contribution is -2.57.